The molecule has 1 aliphatic rings. The van der Waals surface area contributed by atoms with E-state index in [1.165, 1.54) is 11.3 Å². The van der Waals surface area contributed by atoms with Crippen LogP contribution in [0.1, 0.15) is 30.7 Å². The minimum atomic E-state index is -0.577. The van der Waals surface area contributed by atoms with Gasteiger partial charge >= 0.3 is 0 Å². The summed E-state index contributed by atoms with van der Waals surface area (Å²) in [7, 11) is 1.80. The van der Waals surface area contributed by atoms with Crippen LogP contribution in [0.4, 0.5) is 10.8 Å². The highest BCUT2D eigenvalue weighted by Gasteiger charge is 2.42. The quantitative estimate of drug-likeness (QED) is 0.491. The van der Waals surface area contributed by atoms with Crippen LogP contribution in [-0.2, 0) is 21.4 Å². The van der Waals surface area contributed by atoms with E-state index in [0.717, 1.165) is 33.5 Å². The second kappa shape index (κ2) is 7.27. The number of amides is 2. The lowest BCUT2D eigenvalue weighted by Gasteiger charge is -2.16. The van der Waals surface area contributed by atoms with Gasteiger partial charge in [-0.1, -0.05) is 22.9 Å². The van der Waals surface area contributed by atoms with Crippen LogP contribution in [0, 0.1) is 6.92 Å². The van der Waals surface area contributed by atoms with Crippen LogP contribution in [0.5, 0.6) is 0 Å². The third-order valence-electron chi connectivity index (χ3n) is 5.95. The maximum atomic E-state index is 12.6. The van der Waals surface area contributed by atoms with Crippen LogP contribution in [0.25, 0.3) is 22.2 Å². The average molecular weight is 447 g/mol. The van der Waals surface area contributed by atoms with E-state index in [-0.39, 0.29) is 18.2 Å². The molecule has 0 saturated heterocycles. The van der Waals surface area contributed by atoms with Crippen molar-refractivity contribution in [2.75, 3.05) is 17.3 Å². The standard InChI is InChI=1S/C24H22N4O3S/c1-13-5-8-20-15(9-13)17(27-31-20)11-21(29)26-23-25-18(12-32-23)14-6-7-19-16(10-14)24(2,3)22(30)28(19)4/h5-10,12H,11H2,1-4H3,(H,25,26,29). The highest BCUT2D eigenvalue weighted by atomic mass is 32.1. The zero-order valence-electron chi connectivity index (χ0n) is 18.2. The average Bonchev–Trinajstić information content (AvgIpc) is 3.42. The largest absolute Gasteiger partial charge is 0.356 e. The van der Waals surface area contributed by atoms with Crippen molar-refractivity contribution in [3.05, 3.63) is 58.6 Å². The zero-order valence-corrected chi connectivity index (χ0v) is 19.0. The molecule has 0 aliphatic carbocycles. The summed E-state index contributed by atoms with van der Waals surface area (Å²) in [6.45, 7) is 5.86. The van der Waals surface area contributed by atoms with Crippen molar-refractivity contribution in [2.24, 2.45) is 0 Å². The molecule has 1 aliphatic heterocycles. The predicted octanol–water partition coefficient (Wildman–Crippen LogP) is 4.69. The number of hydrogen-bond donors (Lipinski definition) is 1. The van der Waals surface area contributed by atoms with E-state index in [4.69, 9.17) is 4.52 Å². The normalized spacial score (nSPS) is 14.8. The molecule has 2 aromatic carbocycles. The number of nitrogens with one attached hydrogen (secondary N) is 1. The summed E-state index contributed by atoms with van der Waals surface area (Å²) in [5.74, 6) is -0.128. The third-order valence-corrected chi connectivity index (χ3v) is 6.70. The first kappa shape index (κ1) is 20.4. The van der Waals surface area contributed by atoms with Gasteiger partial charge in [-0.15, -0.1) is 11.3 Å². The molecule has 4 aromatic rings. The Morgan fingerprint density at radius 1 is 1.22 bits per heavy atom. The van der Waals surface area contributed by atoms with Gasteiger partial charge in [0, 0.05) is 29.1 Å². The van der Waals surface area contributed by atoms with Crippen LogP contribution in [-0.4, -0.2) is 29.0 Å². The van der Waals surface area contributed by atoms with Gasteiger partial charge in [0.05, 0.1) is 17.5 Å². The minimum Gasteiger partial charge on any atom is -0.356 e. The van der Waals surface area contributed by atoms with Gasteiger partial charge < -0.3 is 14.7 Å². The summed E-state index contributed by atoms with van der Waals surface area (Å²) in [6.07, 6.45) is 0.104. The first-order valence-corrected chi connectivity index (χ1v) is 11.2. The smallest absolute Gasteiger partial charge is 0.236 e. The van der Waals surface area contributed by atoms with E-state index in [2.05, 4.69) is 15.5 Å². The highest BCUT2D eigenvalue weighted by Crippen LogP contribution is 2.42. The number of likely N-dealkylation sites (N-methyl/N-ethyl adjacent to an activating group) is 1. The molecule has 1 N–H and O–H groups in total. The summed E-state index contributed by atoms with van der Waals surface area (Å²) >= 11 is 1.36. The van der Waals surface area contributed by atoms with E-state index in [0.29, 0.717) is 16.4 Å². The Hall–Kier alpha value is -3.52. The predicted molar refractivity (Wildman–Crippen MR) is 125 cm³/mol. The number of carbonyl (C=O) groups excluding carboxylic acids is 2. The molecule has 8 heteroatoms. The molecule has 162 valence electrons. The molecule has 2 aromatic heterocycles. The van der Waals surface area contributed by atoms with E-state index in [1.807, 2.05) is 62.5 Å². The SMILES string of the molecule is Cc1ccc2onc(CC(=O)Nc3nc(-c4ccc5c(c4)C(C)(C)C(=O)N5C)cs3)c2c1. The van der Waals surface area contributed by atoms with Crippen LogP contribution in [0.15, 0.2) is 46.3 Å². The molecule has 0 spiro atoms. The second-order valence-electron chi connectivity index (χ2n) is 8.61. The van der Waals surface area contributed by atoms with Crippen molar-refractivity contribution in [1.29, 1.82) is 0 Å². The molecule has 5 rings (SSSR count). The minimum absolute atomic E-state index is 0.0754. The molecule has 7 nitrogen and oxygen atoms in total. The monoisotopic (exact) mass is 446 g/mol. The lowest BCUT2D eigenvalue weighted by molar-refractivity contribution is -0.121. The number of fused-ring (bicyclic) bond motifs is 2. The number of aromatic nitrogens is 2. The van der Waals surface area contributed by atoms with Crippen LogP contribution in [0.2, 0.25) is 0 Å². The molecule has 32 heavy (non-hydrogen) atoms. The van der Waals surface area contributed by atoms with Crippen molar-refractivity contribution in [2.45, 2.75) is 32.6 Å². The Bertz CT molecular complexity index is 1390. The molecule has 3 heterocycles. The fraction of sp³-hybridized carbons (Fsp3) is 0.250. The van der Waals surface area contributed by atoms with E-state index >= 15 is 0 Å². The van der Waals surface area contributed by atoms with E-state index in [9.17, 15) is 9.59 Å². The fourth-order valence-electron chi connectivity index (χ4n) is 4.14. The lowest BCUT2D eigenvalue weighted by atomic mass is 9.85. The first-order chi connectivity index (χ1) is 15.2. The number of rotatable bonds is 4. The van der Waals surface area contributed by atoms with Crippen molar-refractivity contribution in [3.63, 3.8) is 0 Å². The number of aryl methyl sites for hydroxylation is 1. The number of hydrogen-bond acceptors (Lipinski definition) is 6. The van der Waals surface area contributed by atoms with Gasteiger partial charge in [0.25, 0.3) is 0 Å². The van der Waals surface area contributed by atoms with Crippen molar-refractivity contribution >= 4 is 44.9 Å². The maximum Gasteiger partial charge on any atom is 0.236 e. The van der Waals surface area contributed by atoms with Gasteiger partial charge in [0.15, 0.2) is 10.7 Å². The summed E-state index contributed by atoms with van der Waals surface area (Å²) < 4.78 is 5.32. The van der Waals surface area contributed by atoms with Gasteiger partial charge in [-0.2, -0.15) is 0 Å². The summed E-state index contributed by atoms with van der Waals surface area (Å²) in [6, 6.07) is 11.7. The second-order valence-corrected chi connectivity index (χ2v) is 9.47. The lowest BCUT2D eigenvalue weighted by Crippen LogP contribution is -2.33. The van der Waals surface area contributed by atoms with E-state index in [1.54, 1.807) is 11.9 Å². The topological polar surface area (TPSA) is 88.3 Å². The molecule has 0 bridgehead atoms. The van der Waals surface area contributed by atoms with Crippen molar-refractivity contribution < 1.29 is 14.1 Å². The number of thiazole rings is 1. The number of nitrogens with zero attached hydrogens (tertiary/aromatic N) is 3. The zero-order chi connectivity index (χ0) is 22.6. The van der Waals surface area contributed by atoms with Crippen LogP contribution in [0.3, 0.4) is 0 Å². The van der Waals surface area contributed by atoms with Crippen LogP contribution < -0.4 is 10.2 Å². The van der Waals surface area contributed by atoms with Gasteiger partial charge in [-0.25, -0.2) is 4.98 Å². The maximum absolute atomic E-state index is 12.6. The summed E-state index contributed by atoms with van der Waals surface area (Å²) in [5.41, 5.74) is 5.34. The van der Waals surface area contributed by atoms with Gasteiger partial charge in [-0.3, -0.25) is 9.59 Å². The fourth-order valence-corrected chi connectivity index (χ4v) is 4.88. The van der Waals surface area contributed by atoms with Gasteiger partial charge in [0.1, 0.15) is 5.69 Å². The third kappa shape index (κ3) is 3.27. The molecule has 0 fully saturated rings. The molecular weight excluding hydrogens is 424 g/mol. The number of carbonyl (C=O) groups is 2. The van der Waals surface area contributed by atoms with Gasteiger partial charge in [-0.05, 0) is 50.6 Å². The van der Waals surface area contributed by atoms with Crippen molar-refractivity contribution in [3.8, 4) is 11.3 Å². The highest BCUT2D eigenvalue weighted by molar-refractivity contribution is 7.14. The molecule has 2 amide bonds. The molecule has 0 atom stereocenters. The summed E-state index contributed by atoms with van der Waals surface area (Å²) in [5, 5.41) is 10.2. The Balaban J connectivity index is 1.34. The number of anilines is 2. The van der Waals surface area contributed by atoms with Crippen LogP contribution >= 0.6 is 11.3 Å². The van der Waals surface area contributed by atoms with E-state index < -0.39 is 5.41 Å². The molecular formula is C24H22N4O3S. The van der Waals surface area contributed by atoms with Gasteiger partial charge in [0.2, 0.25) is 11.8 Å². The van der Waals surface area contributed by atoms with Crippen molar-refractivity contribution in [1.82, 2.24) is 10.1 Å². The Morgan fingerprint density at radius 3 is 2.84 bits per heavy atom. The Morgan fingerprint density at radius 2 is 2.03 bits per heavy atom. The first-order valence-electron chi connectivity index (χ1n) is 10.3. The Kier molecular flexibility index (Phi) is 4.63. The molecule has 0 radical (unpaired) electrons. The Labute approximate surface area is 189 Å². The number of benzene rings is 2. The molecule has 0 saturated carbocycles. The summed E-state index contributed by atoms with van der Waals surface area (Å²) in [4.78, 5) is 31.4. The molecule has 0 unspecified atom stereocenters.